The van der Waals surface area contributed by atoms with E-state index in [0.717, 1.165) is 44.1 Å². The fourth-order valence-electron chi connectivity index (χ4n) is 4.26. The SMILES string of the molecule is CC(O)CC(CNC(=O)NC1(c2noc(C3CC3)n2)CCCC1)c1ccccc1. The molecule has 0 aliphatic heterocycles. The Labute approximate surface area is 171 Å². The van der Waals surface area contributed by atoms with Crippen molar-refractivity contribution in [1.29, 1.82) is 0 Å². The Morgan fingerprint density at radius 3 is 2.66 bits per heavy atom. The minimum absolute atomic E-state index is 0.0492. The van der Waals surface area contributed by atoms with Gasteiger partial charge in [-0.05, 0) is 44.6 Å². The van der Waals surface area contributed by atoms with E-state index in [9.17, 15) is 9.90 Å². The fourth-order valence-corrected chi connectivity index (χ4v) is 4.26. The quantitative estimate of drug-likeness (QED) is 0.631. The van der Waals surface area contributed by atoms with Crippen LogP contribution in [0, 0.1) is 0 Å². The van der Waals surface area contributed by atoms with Crippen LogP contribution in [0.15, 0.2) is 34.9 Å². The molecule has 2 aliphatic rings. The van der Waals surface area contributed by atoms with Crippen LogP contribution in [0.3, 0.4) is 0 Å². The van der Waals surface area contributed by atoms with Gasteiger partial charge in [-0.25, -0.2) is 4.79 Å². The first kappa shape index (κ1) is 19.9. The van der Waals surface area contributed by atoms with Crippen LogP contribution in [0.2, 0.25) is 0 Å². The number of urea groups is 1. The molecule has 7 nitrogen and oxygen atoms in total. The number of hydrogen-bond acceptors (Lipinski definition) is 5. The normalized spacial score (nSPS) is 20.2. The van der Waals surface area contributed by atoms with Crippen LogP contribution < -0.4 is 10.6 Å². The molecular weight excluding hydrogens is 368 g/mol. The third kappa shape index (κ3) is 4.78. The number of hydrogen-bond donors (Lipinski definition) is 3. The van der Waals surface area contributed by atoms with Gasteiger partial charge in [0, 0.05) is 18.4 Å². The predicted octanol–water partition coefficient (Wildman–Crippen LogP) is 3.57. The smallest absolute Gasteiger partial charge is 0.315 e. The first-order valence-corrected chi connectivity index (χ1v) is 10.7. The Morgan fingerprint density at radius 1 is 1.28 bits per heavy atom. The number of nitrogens with one attached hydrogen (secondary N) is 2. The van der Waals surface area contributed by atoms with Crippen LogP contribution >= 0.6 is 0 Å². The highest BCUT2D eigenvalue weighted by Crippen LogP contribution is 2.42. The van der Waals surface area contributed by atoms with Crippen molar-refractivity contribution in [3.8, 4) is 0 Å². The molecule has 2 unspecified atom stereocenters. The minimum Gasteiger partial charge on any atom is -0.393 e. The van der Waals surface area contributed by atoms with Crippen molar-refractivity contribution in [2.45, 2.75) is 75.3 Å². The van der Waals surface area contributed by atoms with Gasteiger partial charge in [0.05, 0.1) is 6.10 Å². The van der Waals surface area contributed by atoms with Gasteiger partial charge in [-0.1, -0.05) is 48.3 Å². The summed E-state index contributed by atoms with van der Waals surface area (Å²) in [6, 6.07) is 9.76. The standard InChI is InChI=1S/C22H30N4O3/c1-15(27)13-18(16-7-3-2-4-8-16)14-23-21(28)25-22(11-5-6-12-22)20-24-19(29-26-20)17-9-10-17/h2-4,7-8,15,17-18,27H,5-6,9-14H2,1H3,(H2,23,25,28). The molecule has 7 heteroatoms. The van der Waals surface area contributed by atoms with E-state index in [0.29, 0.717) is 30.6 Å². The van der Waals surface area contributed by atoms with Crippen molar-refractivity contribution in [2.75, 3.05) is 6.54 Å². The Balaban J connectivity index is 1.41. The molecule has 1 aromatic heterocycles. The number of nitrogens with zero attached hydrogens (tertiary/aromatic N) is 2. The zero-order chi connectivity index (χ0) is 20.3. The number of benzene rings is 1. The summed E-state index contributed by atoms with van der Waals surface area (Å²) in [6.07, 6.45) is 6.06. The van der Waals surface area contributed by atoms with Crippen LogP contribution in [0.25, 0.3) is 0 Å². The number of aromatic nitrogens is 2. The second kappa shape index (κ2) is 8.53. The predicted molar refractivity (Wildman–Crippen MR) is 108 cm³/mol. The molecule has 3 N–H and O–H groups in total. The summed E-state index contributed by atoms with van der Waals surface area (Å²) < 4.78 is 5.45. The van der Waals surface area contributed by atoms with E-state index in [2.05, 4.69) is 20.8 Å². The van der Waals surface area contributed by atoms with E-state index in [1.54, 1.807) is 6.92 Å². The number of carbonyl (C=O) groups excluding carboxylic acids is 1. The number of amides is 2. The summed E-state index contributed by atoms with van der Waals surface area (Å²) in [6.45, 7) is 2.23. The molecule has 29 heavy (non-hydrogen) atoms. The van der Waals surface area contributed by atoms with Gasteiger partial charge in [0.1, 0.15) is 5.54 Å². The van der Waals surface area contributed by atoms with Crippen molar-refractivity contribution < 1.29 is 14.4 Å². The largest absolute Gasteiger partial charge is 0.393 e. The fraction of sp³-hybridized carbons (Fsp3) is 0.591. The second-order valence-electron chi connectivity index (χ2n) is 8.55. The molecule has 0 saturated heterocycles. The van der Waals surface area contributed by atoms with Crippen LogP contribution in [-0.4, -0.2) is 33.9 Å². The van der Waals surface area contributed by atoms with E-state index in [-0.39, 0.29) is 11.9 Å². The Hall–Kier alpha value is -2.41. The number of aliphatic hydroxyl groups excluding tert-OH is 1. The van der Waals surface area contributed by atoms with Gasteiger partial charge in [0.2, 0.25) is 5.89 Å². The molecule has 4 rings (SSSR count). The van der Waals surface area contributed by atoms with Gasteiger partial charge in [-0.2, -0.15) is 4.98 Å². The summed E-state index contributed by atoms with van der Waals surface area (Å²) in [7, 11) is 0. The van der Waals surface area contributed by atoms with Gasteiger partial charge in [0.25, 0.3) is 0 Å². The van der Waals surface area contributed by atoms with Gasteiger partial charge in [0.15, 0.2) is 5.82 Å². The second-order valence-corrected chi connectivity index (χ2v) is 8.55. The lowest BCUT2D eigenvalue weighted by Gasteiger charge is -2.27. The molecule has 2 saturated carbocycles. The average Bonchev–Trinajstić information content (AvgIpc) is 3.24. The van der Waals surface area contributed by atoms with E-state index >= 15 is 0 Å². The Morgan fingerprint density at radius 2 is 2.00 bits per heavy atom. The molecule has 0 bridgehead atoms. The highest BCUT2D eigenvalue weighted by Gasteiger charge is 2.42. The maximum Gasteiger partial charge on any atom is 0.315 e. The van der Waals surface area contributed by atoms with Crippen LogP contribution in [0.5, 0.6) is 0 Å². The lowest BCUT2D eigenvalue weighted by molar-refractivity contribution is 0.172. The highest BCUT2D eigenvalue weighted by atomic mass is 16.5. The van der Waals surface area contributed by atoms with Crippen molar-refractivity contribution >= 4 is 6.03 Å². The molecule has 2 amide bonds. The summed E-state index contributed by atoms with van der Waals surface area (Å²) in [4.78, 5) is 17.4. The Bertz CT molecular complexity index is 810. The maximum atomic E-state index is 12.8. The van der Waals surface area contributed by atoms with Crippen LogP contribution in [-0.2, 0) is 5.54 Å². The topological polar surface area (TPSA) is 100 Å². The number of rotatable bonds is 8. The molecule has 1 aromatic carbocycles. The van der Waals surface area contributed by atoms with Crippen LogP contribution in [0.4, 0.5) is 4.79 Å². The summed E-state index contributed by atoms with van der Waals surface area (Å²) in [5.41, 5.74) is 0.560. The molecule has 2 aromatic rings. The minimum atomic E-state index is -0.548. The molecule has 2 fully saturated rings. The van der Waals surface area contributed by atoms with E-state index in [1.807, 2.05) is 30.3 Å². The third-order valence-electron chi connectivity index (χ3n) is 6.01. The number of carbonyl (C=O) groups is 1. The zero-order valence-electron chi connectivity index (χ0n) is 16.9. The lowest BCUT2D eigenvalue weighted by Crippen LogP contribution is -2.49. The van der Waals surface area contributed by atoms with Gasteiger partial charge in [-0.3, -0.25) is 0 Å². The van der Waals surface area contributed by atoms with E-state index in [1.165, 1.54) is 0 Å². The number of aliphatic hydroxyl groups is 1. The van der Waals surface area contributed by atoms with Gasteiger partial charge < -0.3 is 20.3 Å². The molecule has 156 valence electrons. The molecule has 0 radical (unpaired) electrons. The van der Waals surface area contributed by atoms with E-state index < -0.39 is 11.6 Å². The molecular formula is C22H30N4O3. The maximum absolute atomic E-state index is 12.8. The highest BCUT2D eigenvalue weighted by molar-refractivity contribution is 5.75. The first-order valence-electron chi connectivity index (χ1n) is 10.7. The van der Waals surface area contributed by atoms with Crippen LogP contribution in [0.1, 0.15) is 81.0 Å². The van der Waals surface area contributed by atoms with Crippen molar-refractivity contribution in [3.63, 3.8) is 0 Å². The molecule has 2 aliphatic carbocycles. The molecule has 1 heterocycles. The van der Waals surface area contributed by atoms with Gasteiger partial charge >= 0.3 is 6.03 Å². The summed E-state index contributed by atoms with van der Waals surface area (Å²) in [5.74, 6) is 1.76. The molecule has 2 atom stereocenters. The average molecular weight is 399 g/mol. The summed E-state index contributed by atoms with van der Waals surface area (Å²) in [5, 5.41) is 20.2. The first-order chi connectivity index (χ1) is 14.1. The van der Waals surface area contributed by atoms with Crippen molar-refractivity contribution in [2.24, 2.45) is 0 Å². The van der Waals surface area contributed by atoms with E-state index in [4.69, 9.17) is 4.52 Å². The Kier molecular flexibility index (Phi) is 5.85. The monoisotopic (exact) mass is 398 g/mol. The van der Waals surface area contributed by atoms with Crippen molar-refractivity contribution in [3.05, 3.63) is 47.6 Å². The third-order valence-corrected chi connectivity index (χ3v) is 6.01. The van der Waals surface area contributed by atoms with Crippen molar-refractivity contribution in [1.82, 2.24) is 20.8 Å². The molecule has 0 spiro atoms. The summed E-state index contributed by atoms with van der Waals surface area (Å²) >= 11 is 0. The zero-order valence-corrected chi connectivity index (χ0v) is 16.9. The lowest BCUT2D eigenvalue weighted by atomic mass is 9.93. The van der Waals surface area contributed by atoms with Gasteiger partial charge in [-0.15, -0.1) is 0 Å².